The average molecular weight is 184 g/mol. The molecule has 1 aliphatic heterocycles. The maximum Gasteiger partial charge on any atom is 0.129 e. The fraction of sp³-hybridized carbons (Fsp3) is 0.900. The smallest absolute Gasteiger partial charge is 0.129 e. The van der Waals surface area contributed by atoms with Gasteiger partial charge in [-0.25, -0.2) is 0 Å². The van der Waals surface area contributed by atoms with Gasteiger partial charge >= 0.3 is 0 Å². The molecule has 0 radical (unpaired) electrons. The summed E-state index contributed by atoms with van der Waals surface area (Å²) in [5.41, 5.74) is -0.681. The maximum absolute atomic E-state index is 10.3. The number of amidine groups is 1. The van der Waals surface area contributed by atoms with E-state index in [9.17, 15) is 5.11 Å². The number of aliphatic hydroxyl groups is 1. The van der Waals surface area contributed by atoms with Gasteiger partial charge in [-0.15, -0.1) is 0 Å². The molecule has 1 heterocycles. The highest BCUT2D eigenvalue weighted by atomic mass is 16.3. The zero-order chi connectivity index (χ0) is 9.73. The van der Waals surface area contributed by atoms with Crippen LogP contribution in [0.15, 0.2) is 4.99 Å². The molecule has 2 N–H and O–H groups in total. The predicted molar refractivity (Wildman–Crippen MR) is 55.1 cm³/mol. The van der Waals surface area contributed by atoms with Crippen LogP contribution in [0.2, 0.25) is 0 Å². The monoisotopic (exact) mass is 184 g/mol. The van der Waals surface area contributed by atoms with Crippen molar-refractivity contribution in [3.8, 4) is 0 Å². The van der Waals surface area contributed by atoms with Crippen LogP contribution in [0.4, 0.5) is 0 Å². The van der Waals surface area contributed by atoms with Crippen LogP contribution in [0.25, 0.3) is 0 Å². The van der Waals surface area contributed by atoms with Crippen molar-refractivity contribution in [1.29, 1.82) is 0 Å². The third kappa shape index (κ3) is 2.44. The van der Waals surface area contributed by atoms with Crippen LogP contribution in [0.5, 0.6) is 0 Å². The Balaban J connectivity index is 2.64. The Hall–Kier alpha value is -0.570. The van der Waals surface area contributed by atoms with Crippen LogP contribution < -0.4 is 5.32 Å². The van der Waals surface area contributed by atoms with E-state index in [1.165, 1.54) is 0 Å². The van der Waals surface area contributed by atoms with Crippen molar-refractivity contribution in [2.45, 2.75) is 45.1 Å². The van der Waals surface area contributed by atoms with Crippen molar-refractivity contribution in [3.63, 3.8) is 0 Å². The summed E-state index contributed by atoms with van der Waals surface area (Å²) in [5.74, 6) is 0.816. The molecule has 0 amide bonds. The van der Waals surface area contributed by atoms with E-state index in [-0.39, 0.29) is 0 Å². The van der Waals surface area contributed by atoms with Crippen LogP contribution in [-0.4, -0.2) is 29.6 Å². The molecular weight excluding hydrogens is 164 g/mol. The first-order chi connectivity index (χ1) is 6.23. The van der Waals surface area contributed by atoms with Crippen molar-refractivity contribution in [2.24, 2.45) is 4.99 Å². The standard InChI is InChI=1S/C10H20N2O/c1-3-5-10(13,6-4-2)9-11-7-8-12-9/h13H,3-8H2,1-2H3,(H,11,12). The van der Waals surface area contributed by atoms with Crippen LogP contribution in [0.3, 0.4) is 0 Å². The highest BCUT2D eigenvalue weighted by Gasteiger charge is 2.32. The Bertz CT molecular complexity index is 183. The predicted octanol–water partition coefficient (Wildman–Crippen LogP) is 1.32. The molecule has 0 fully saturated rings. The van der Waals surface area contributed by atoms with Crippen molar-refractivity contribution < 1.29 is 5.11 Å². The molecule has 3 nitrogen and oxygen atoms in total. The first-order valence-corrected chi connectivity index (χ1v) is 5.24. The van der Waals surface area contributed by atoms with Gasteiger partial charge in [0.15, 0.2) is 0 Å². The van der Waals surface area contributed by atoms with Crippen LogP contribution in [-0.2, 0) is 0 Å². The van der Waals surface area contributed by atoms with Crippen molar-refractivity contribution in [2.75, 3.05) is 13.1 Å². The Kier molecular flexibility index (Phi) is 3.72. The van der Waals surface area contributed by atoms with Crippen LogP contribution in [0, 0.1) is 0 Å². The zero-order valence-corrected chi connectivity index (χ0v) is 8.64. The molecular formula is C10H20N2O. The van der Waals surface area contributed by atoms with Crippen molar-refractivity contribution >= 4 is 5.84 Å². The van der Waals surface area contributed by atoms with Gasteiger partial charge in [0, 0.05) is 6.54 Å². The van der Waals surface area contributed by atoms with Gasteiger partial charge in [0.1, 0.15) is 11.4 Å². The molecule has 0 bridgehead atoms. The molecule has 76 valence electrons. The lowest BCUT2D eigenvalue weighted by Crippen LogP contribution is -2.44. The number of nitrogens with one attached hydrogen (secondary N) is 1. The number of aliphatic imine (C=N–C) groups is 1. The van der Waals surface area contributed by atoms with E-state index in [0.717, 1.165) is 44.6 Å². The van der Waals surface area contributed by atoms with Crippen LogP contribution >= 0.6 is 0 Å². The minimum atomic E-state index is -0.681. The SMILES string of the molecule is CCCC(O)(CCC)C1=NCCN1. The van der Waals surface area contributed by atoms with E-state index in [4.69, 9.17) is 0 Å². The second-order valence-electron chi connectivity index (χ2n) is 3.69. The van der Waals surface area contributed by atoms with Crippen LogP contribution in [0.1, 0.15) is 39.5 Å². The van der Waals surface area contributed by atoms with E-state index in [0.29, 0.717) is 0 Å². The molecule has 0 saturated heterocycles. The van der Waals surface area contributed by atoms with Gasteiger partial charge in [-0.3, -0.25) is 4.99 Å². The third-order valence-electron chi connectivity index (χ3n) is 2.44. The van der Waals surface area contributed by atoms with Gasteiger partial charge in [0.05, 0.1) is 6.54 Å². The summed E-state index contributed by atoms with van der Waals surface area (Å²) < 4.78 is 0. The van der Waals surface area contributed by atoms with E-state index in [2.05, 4.69) is 24.2 Å². The summed E-state index contributed by atoms with van der Waals surface area (Å²) in [6, 6.07) is 0. The van der Waals surface area contributed by atoms with Gasteiger partial charge in [-0.05, 0) is 12.8 Å². The molecule has 0 aromatic heterocycles. The quantitative estimate of drug-likeness (QED) is 0.677. The molecule has 0 aliphatic carbocycles. The number of hydrogen-bond donors (Lipinski definition) is 2. The summed E-state index contributed by atoms with van der Waals surface area (Å²) in [5, 5.41) is 13.5. The summed E-state index contributed by atoms with van der Waals surface area (Å²) >= 11 is 0. The molecule has 1 rings (SSSR count). The topological polar surface area (TPSA) is 44.6 Å². The molecule has 1 aliphatic rings. The average Bonchev–Trinajstić information content (AvgIpc) is 2.57. The maximum atomic E-state index is 10.3. The Morgan fingerprint density at radius 2 is 2.00 bits per heavy atom. The molecule has 0 unspecified atom stereocenters. The molecule has 0 aromatic rings. The summed E-state index contributed by atoms with van der Waals surface area (Å²) in [4.78, 5) is 4.30. The highest BCUT2D eigenvalue weighted by molar-refractivity contribution is 5.91. The lowest BCUT2D eigenvalue weighted by Gasteiger charge is -2.27. The minimum absolute atomic E-state index is 0.681. The molecule has 0 spiro atoms. The molecule has 0 saturated carbocycles. The minimum Gasteiger partial charge on any atom is -0.382 e. The molecule has 0 atom stereocenters. The highest BCUT2D eigenvalue weighted by Crippen LogP contribution is 2.21. The van der Waals surface area contributed by atoms with Gasteiger partial charge in [-0.2, -0.15) is 0 Å². The summed E-state index contributed by atoms with van der Waals surface area (Å²) in [6.07, 6.45) is 3.62. The first kappa shape index (κ1) is 10.5. The summed E-state index contributed by atoms with van der Waals surface area (Å²) in [7, 11) is 0. The first-order valence-electron chi connectivity index (χ1n) is 5.24. The number of nitrogens with zero attached hydrogens (tertiary/aromatic N) is 1. The normalized spacial score (nSPS) is 17.0. The molecule has 0 aromatic carbocycles. The largest absolute Gasteiger partial charge is 0.382 e. The molecule has 3 heteroatoms. The number of hydrogen-bond acceptors (Lipinski definition) is 3. The second-order valence-corrected chi connectivity index (χ2v) is 3.69. The second kappa shape index (κ2) is 4.61. The number of rotatable bonds is 5. The Morgan fingerprint density at radius 1 is 1.38 bits per heavy atom. The summed E-state index contributed by atoms with van der Waals surface area (Å²) in [6.45, 7) is 5.88. The van der Waals surface area contributed by atoms with E-state index >= 15 is 0 Å². The van der Waals surface area contributed by atoms with Gasteiger partial charge in [-0.1, -0.05) is 26.7 Å². The van der Waals surface area contributed by atoms with E-state index in [1.807, 2.05) is 0 Å². The van der Waals surface area contributed by atoms with Gasteiger partial charge in [0.25, 0.3) is 0 Å². The molecule has 13 heavy (non-hydrogen) atoms. The fourth-order valence-electron chi connectivity index (χ4n) is 1.90. The van der Waals surface area contributed by atoms with Gasteiger partial charge < -0.3 is 10.4 Å². The Labute approximate surface area is 80.3 Å². The Morgan fingerprint density at radius 3 is 2.38 bits per heavy atom. The van der Waals surface area contributed by atoms with E-state index < -0.39 is 5.60 Å². The van der Waals surface area contributed by atoms with Crippen molar-refractivity contribution in [3.05, 3.63) is 0 Å². The fourth-order valence-corrected chi connectivity index (χ4v) is 1.90. The third-order valence-corrected chi connectivity index (χ3v) is 2.44. The van der Waals surface area contributed by atoms with Gasteiger partial charge in [0.2, 0.25) is 0 Å². The van der Waals surface area contributed by atoms with Crippen molar-refractivity contribution in [1.82, 2.24) is 5.32 Å². The zero-order valence-electron chi connectivity index (χ0n) is 8.64. The lowest BCUT2D eigenvalue weighted by molar-refractivity contribution is 0.0882. The lowest BCUT2D eigenvalue weighted by atomic mass is 9.91. The van der Waals surface area contributed by atoms with E-state index in [1.54, 1.807) is 0 Å².